The van der Waals surface area contributed by atoms with E-state index in [1.54, 1.807) is 23.1 Å². The highest BCUT2D eigenvalue weighted by molar-refractivity contribution is 9.10. The van der Waals surface area contributed by atoms with Crippen molar-refractivity contribution in [3.05, 3.63) is 87.0 Å². The van der Waals surface area contributed by atoms with E-state index in [-0.39, 0.29) is 0 Å². The standard InChI is InChI=1S/C24H22BrN3S2/c1-4-13-28-23(26-27-24(28)30-14-18-7-11-20(25)12-8-18)21-15-29-17(3)22(21)19-9-5-16(2)6-10-19/h4-12,15H,1,13-14H2,2-3H3. The monoisotopic (exact) mass is 495 g/mol. The minimum absolute atomic E-state index is 0.674. The van der Waals surface area contributed by atoms with Gasteiger partial charge in [-0.05, 0) is 37.1 Å². The quantitative estimate of drug-likeness (QED) is 0.196. The van der Waals surface area contributed by atoms with Crippen LogP contribution in [0.25, 0.3) is 22.5 Å². The van der Waals surface area contributed by atoms with Gasteiger partial charge in [-0.25, -0.2) is 0 Å². The lowest BCUT2D eigenvalue weighted by Gasteiger charge is -2.10. The summed E-state index contributed by atoms with van der Waals surface area (Å²) in [6, 6.07) is 17.1. The second-order valence-electron chi connectivity index (χ2n) is 7.07. The van der Waals surface area contributed by atoms with Crippen molar-refractivity contribution < 1.29 is 0 Å². The Labute approximate surface area is 194 Å². The Balaban J connectivity index is 1.69. The van der Waals surface area contributed by atoms with E-state index in [4.69, 9.17) is 0 Å². The van der Waals surface area contributed by atoms with E-state index in [0.717, 1.165) is 26.8 Å². The molecule has 0 atom stereocenters. The molecule has 152 valence electrons. The lowest BCUT2D eigenvalue weighted by atomic mass is 10.0. The van der Waals surface area contributed by atoms with Crippen LogP contribution in [0.5, 0.6) is 0 Å². The maximum atomic E-state index is 4.59. The SMILES string of the molecule is C=CCn1c(SCc2ccc(Br)cc2)nnc1-c1csc(C)c1-c1ccc(C)cc1. The largest absolute Gasteiger partial charge is 0.298 e. The summed E-state index contributed by atoms with van der Waals surface area (Å²) in [5.41, 5.74) is 6.10. The first kappa shape index (κ1) is 21.1. The summed E-state index contributed by atoms with van der Waals surface area (Å²) in [5, 5.41) is 12.2. The highest BCUT2D eigenvalue weighted by atomic mass is 79.9. The lowest BCUT2D eigenvalue weighted by Crippen LogP contribution is -2.01. The normalized spacial score (nSPS) is 11.0. The predicted octanol–water partition coefficient (Wildman–Crippen LogP) is 7.53. The third-order valence-electron chi connectivity index (χ3n) is 4.87. The highest BCUT2D eigenvalue weighted by Crippen LogP contribution is 2.39. The molecule has 0 aliphatic rings. The first-order valence-electron chi connectivity index (χ1n) is 9.63. The summed E-state index contributed by atoms with van der Waals surface area (Å²) >= 11 is 6.95. The molecule has 0 saturated heterocycles. The second kappa shape index (κ2) is 9.33. The zero-order valence-corrected chi connectivity index (χ0v) is 20.1. The van der Waals surface area contributed by atoms with Crippen LogP contribution in [0.2, 0.25) is 0 Å². The summed E-state index contributed by atoms with van der Waals surface area (Å²) in [4.78, 5) is 1.28. The number of aryl methyl sites for hydroxylation is 2. The van der Waals surface area contributed by atoms with Crippen LogP contribution in [-0.4, -0.2) is 14.8 Å². The Bertz CT molecular complexity index is 1160. The fourth-order valence-electron chi connectivity index (χ4n) is 3.32. The van der Waals surface area contributed by atoms with Gasteiger partial charge in [-0.1, -0.05) is 75.7 Å². The van der Waals surface area contributed by atoms with E-state index >= 15 is 0 Å². The first-order chi connectivity index (χ1) is 14.6. The smallest absolute Gasteiger partial charge is 0.192 e. The molecule has 0 unspecified atom stereocenters. The van der Waals surface area contributed by atoms with E-state index in [2.05, 4.69) is 105 Å². The predicted molar refractivity (Wildman–Crippen MR) is 132 cm³/mol. The van der Waals surface area contributed by atoms with Crippen LogP contribution in [0.15, 0.2) is 76.2 Å². The molecule has 2 heterocycles. The number of hydrogen-bond donors (Lipinski definition) is 0. The average Bonchev–Trinajstić information content (AvgIpc) is 3.32. The topological polar surface area (TPSA) is 30.7 Å². The minimum atomic E-state index is 0.674. The second-order valence-corrected chi connectivity index (χ2v) is 10.0. The molecule has 0 fully saturated rings. The Morgan fingerprint density at radius 1 is 1.07 bits per heavy atom. The molecule has 0 spiro atoms. The van der Waals surface area contributed by atoms with Gasteiger partial charge in [0, 0.05) is 38.2 Å². The fourth-order valence-corrected chi connectivity index (χ4v) is 5.35. The van der Waals surface area contributed by atoms with Crippen molar-refractivity contribution in [1.82, 2.24) is 14.8 Å². The Morgan fingerprint density at radius 2 is 1.80 bits per heavy atom. The molecule has 30 heavy (non-hydrogen) atoms. The van der Waals surface area contributed by atoms with Gasteiger partial charge in [0.25, 0.3) is 0 Å². The van der Waals surface area contributed by atoms with E-state index in [9.17, 15) is 0 Å². The number of halogens is 1. The minimum Gasteiger partial charge on any atom is -0.298 e. The van der Waals surface area contributed by atoms with E-state index in [1.807, 2.05) is 6.08 Å². The highest BCUT2D eigenvalue weighted by Gasteiger charge is 2.20. The van der Waals surface area contributed by atoms with Crippen molar-refractivity contribution in [2.75, 3.05) is 0 Å². The molecule has 0 N–H and O–H groups in total. The van der Waals surface area contributed by atoms with E-state index < -0.39 is 0 Å². The summed E-state index contributed by atoms with van der Waals surface area (Å²) in [6.07, 6.45) is 1.90. The van der Waals surface area contributed by atoms with Crippen LogP contribution < -0.4 is 0 Å². The average molecular weight is 496 g/mol. The molecular weight excluding hydrogens is 474 g/mol. The van der Waals surface area contributed by atoms with Crippen LogP contribution >= 0.6 is 39.0 Å². The van der Waals surface area contributed by atoms with Gasteiger partial charge in [-0.15, -0.1) is 28.1 Å². The Hall–Kier alpha value is -2.15. The zero-order valence-electron chi connectivity index (χ0n) is 16.9. The van der Waals surface area contributed by atoms with Crippen molar-refractivity contribution in [2.24, 2.45) is 0 Å². The molecule has 3 nitrogen and oxygen atoms in total. The maximum absolute atomic E-state index is 4.59. The molecule has 0 aliphatic heterocycles. The van der Waals surface area contributed by atoms with Gasteiger partial charge in [0.2, 0.25) is 0 Å². The molecule has 6 heteroatoms. The molecule has 0 bridgehead atoms. The maximum Gasteiger partial charge on any atom is 0.192 e. The Kier molecular flexibility index (Phi) is 6.56. The van der Waals surface area contributed by atoms with E-state index in [1.165, 1.54) is 27.1 Å². The molecule has 0 aliphatic carbocycles. The van der Waals surface area contributed by atoms with Crippen LogP contribution in [0, 0.1) is 13.8 Å². The number of nitrogens with zero attached hydrogens (tertiary/aromatic N) is 3. The molecule has 2 aromatic carbocycles. The van der Waals surface area contributed by atoms with Crippen LogP contribution in [0.4, 0.5) is 0 Å². The van der Waals surface area contributed by atoms with Crippen LogP contribution in [0.1, 0.15) is 16.0 Å². The van der Waals surface area contributed by atoms with Crippen molar-refractivity contribution in [1.29, 1.82) is 0 Å². The van der Waals surface area contributed by atoms with Crippen LogP contribution in [0.3, 0.4) is 0 Å². The van der Waals surface area contributed by atoms with Crippen molar-refractivity contribution >= 4 is 39.0 Å². The molecule has 2 aromatic heterocycles. The molecule has 4 aromatic rings. The summed E-state index contributed by atoms with van der Waals surface area (Å²) in [5.74, 6) is 1.74. The van der Waals surface area contributed by atoms with Crippen LogP contribution in [-0.2, 0) is 12.3 Å². The number of allylic oxidation sites excluding steroid dienone is 1. The number of aromatic nitrogens is 3. The lowest BCUT2D eigenvalue weighted by molar-refractivity contribution is 0.731. The van der Waals surface area contributed by atoms with Gasteiger partial charge >= 0.3 is 0 Å². The number of rotatable bonds is 7. The number of benzene rings is 2. The number of thiophene rings is 1. The first-order valence-corrected chi connectivity index (χ1v) is 12.3. The van der Waals surface area contributed by atoms with Gasteiger partial charge in [0.1, 0.15) is 0 Å². The Morgan fingerprint density at radius 3 is 2.50 bits per heavy atom. The molecule has 0 saturated carbocycles. The number of thioether (sulfide) groups is 1. The summed E-state index contributed by atoms with van der Waals surface area (Å²) in [7, 11) is 0. The summed E-state index contributed by atoms with van der Waals surface area (Å²) < 4.78 is 3.25. The van der Waals surface area contributed by atoms with E-state index in [0.29, 0.717) is 6.54 Å². The third kappa shape index (κ3) is 4.46. The van der Waals surface area contributed by atoms with Gasteiger partial charge < -0.3 is 0 Å². The summed E-state index contributed by atoms with van der Waals surface area (Å²) in [6.45, 7) is 8.90. The van der Waals surface area contributed by atoms with Gasteiger partial charge in [-0.2, -0.15) is 0 Å². The molecule has 0 amide bonds. The van der Waals surface area contributed by atoms with Crippen molar-refractivity contribution in [3.63, 3.8) is 0 Å². The third-order valence-corrected chi connectivity index (χ3v) is 7.34. The molecule has 4 rings (SSSR count). The van der Waals surface area contributed by atoms with Crippen molar-refractivity contribution in [2.45, 2.75) is 31.3 Å². The fraction of sp³-hybridized carbons (Fsp3) is 0.167. The number of hydrogen-bond acceptors (Lipinski definition) is 4. The molecular formula is C24H22BrN3S2. The van der Waals surface area contributed by atoms with Gasteiger partial charge in [-0.3, -0.25) is 4.57 Å². The van der Waals surface area contributed by atoms with Gasteiger partial charge in [0.15, 0.2) is 11.0 Å². The zero-order chi connectivity index (χ0) is 21.1. The van der Waals surface area contributed by atoms with Gasteiger partial charge in [0.05, 0.1) is 0 Å². The molecule has 0 radical (unpaired) electrons. The van der Waals surface area contributed by atoms with Crippen molar-refractivity contribution in [3.8, 4) is 22.5 Å².